The lowest BCUT2D eigenvalue weighted by atomic mass is 9.74. The van der Waals surface area contributed by atoms with Crippen LogP contribution in [0.25, 0.3) is 5.69 Å². The second-order valence-electron chi connectivity index (χ2n) is 9.12. The number of anilines is 1. The van der Waals surface area contributed by atoms with E-state index in [-0.39, 0.29) is 17.3 Å². The van der Waals surface area contributed by atoms with Gasteiger partial charge in [0.1, 0.15) is 11.6 Å². The molecule has 0 saturated heterocycles. The molecule has 1 aliphatic carbocycles. The number of hydrogen-bond donors (Lipinski definition) is 3. The molecule has 0 amide bonds. The van der Waals surface area contributed by atoms with Crippen LogP contribution in [0.5, 0.6) is 5.75 Å². The van der Waals surface area contributed by atoms with Crippen molar-refractivity contribution in [3.05, 3.63) is 110 Å². The van der Waals surface area contributed by atoms with Crippen molar-refractivity contribution in [2.45, 2.75) is 24.7 Å². The Morgan fingerprint density at radius 2 is 1.81 bits per heavy atom. The number of allylic oxidation sites excluding steroid dienone is 2. The molecule has 2 aromatic heterocycles. The standard InChI is InChI=1S/C28H23N3O5S/c32-21-14-17(22-7-4-12-37-22)13-20-25(21)24(16-8-10-19(11-9-16)36-15-23(33)34)26-27(29-20)30-31(28(26)35)18-5-2-1-3-6-18/h1-12,17,24,29-30H,13-15H2,(H,33,34)/t17-,24-/m1/s1. The SMILES string of the molecule is O=C(O)COc1ccc([C@@H]2C3=C(C[C@@H](c4cccs4)CC3=O)Nc3[nH]n(-c4ccccc4)c(=O)c32)cc1. The number of carboxylic acids is 1. The molecular formula is C28H23N3O5S. The molecule has 0 unspecified atom stereocenters. The van der Waals surface area contributed by atoms with Gasteiger partial charge in [0.05, 0.1) is 11.3 Å². The van der Waals surface area contributed by atoms with E-state index in [9.17, 15) is 14.4 Å². The molecule has 1 aliphatic heterocycles. The summed E-state index contributed by atoms with van der Waals surface area (Å²) in [5, 5.41) is 17.5. The van der Waals surface area contributed by atoms with E-state index in [1.165, 1.54) is 9.56 Å². The van der Waals surface area contributed by atoms with Crippen molar-refractivity contribution in [1.82, 2.24) is 9.78 Å². The molecule has 0 saturated carbocycles. The number of H-pyrrole nitrogens is 1. The molecule has 6 rings (SSSR count). The Kier molecular flexibility index (Phi) is 5.77. The van der Waals surface area contributed by atoms with Crippen molar-refractivity contribution in [1.29, 1.82) is 0 Å². The highest BCUT2D eigenvalue weighted by atomic mass is 32.1. The van der Waals surface area contributed by atoms with E-state index < -0.39 is 18.5 Å². The average Bonchev–Trinajstić information content (AvgIpc) is 3.56. The molecule has 0 spiro atoms. The van der Waals surface area contributed by atoms with Crippen molar-refractivity contribution < 1.29 is 19.4 Å². The molecule has 4 aromatic rings. The number of thiophene rings is 1. The molecular weight excluding hydrogens is 490 g/mol. The van der Waals surface area contributed by atoms with Crippen LogP contribution in [-0.2, 0) is 9.59 Å². The number of fused-ring (bicyclic) bond motifs is 1. The summed E-state index contributed by atoms with van der Waals surface area (Å²) in [6, 6.07) is 20.3. The number of ketones is 1. The zero-order valence-corrected chi connectivity index (χ0v) is 20.5. The van der Waals surface area contributed by atoms with Gasteiger partial charge in [-0.2, -0.15) is 0 Å². The molecule has 2 aromatic carbocycles. The van der Waals surface area contributed by atoms with Crippen molar-refractivity contribution in [2.24, 2.45) is 0 Å². The lowest BCUT2D eigenvalue weighted by molar-refractivity contribution is -0.139. The summed E-state index contributed by atoms with van der Waals surface area (Å²) in [4.78, 5) is 39.4. The Balaban J connectivity index is 1.46. The molecule has 2 aliphatic rings. The first kappa shape index (κ1) is 23.1. The lowest BCUT2D eigenvalue weighted by Gasteiger charge is -2.34. The van der Waals surface area contributed by atoms with Crippen LogP contribution in [0, 0.1) is 0 Å². The van der Waals surface area contributed by atoms with Gasteiger partial charge in [-0.05, 0) is 47.7 Å². The fraction of sp³-hybridized carbons (Fsp3) is 0.179. The summed E-state index contributed by atoms with van der Waals surface area (Å²) in [5.41, 5.74) is 3.13. The van der Waals surface area contributed by atoms with Crippen LogP contribution in [-0.4, -0.2) is 33.2 Å². The minimum absolute atomic E-state index is 0.0147. The monoisotopic (exact) mass is 513 g/mol. The third-order valence-corrected chi connectivity index (χ3v) is 7.86. The molecule has 186 valence electrons. The number of para-hydroxylation sites is 1. The zero-order valence-electron chi connectivity index (χ0n) is 19.6. The zero-order chi connectivity index (χ0) is 25.5. The first-order chi connectivity index (χ1) is 18.0. The topological polar surface area (TPSA) is 113 Å². The minimum atomic E-state index is -1.07. The maximum atomic E-state index is 13.7. The maximum absolute atomic E-state index is 13.7. The summed E-state index contributed by atoms with van der Waals surface area (Å²) < 4.78 is 6.78. The Hall–Kier alpha value is -4.37. The van der Waals surface area contributed by atoms with Crippen LogP contribution in [0.15, 0.2) is 88.2 Å². The quantitative estimate of drug-likeness (QED) is 0.346. The van der Waals surface area contributed by atoms with E-state index in [1.54, 1.807) is 35.6 Å². The first-order valence-electron chi connectivity index (χ1n) is 11.9. The number of nitrogens with one attached hydrogen (secondary N) is 2. The predicted molar refractivity (Wildman–Crippen MR) is 140 cm³/mol. The van der Waals surface area contributed by atoms with Gasteiger partial charge < -0.3 is 15.2 Å². The van der Waals surface area contributed by atoms with Gasteiger partial charge in [-0.1, -0.05) is 36.4 Å². The summed E-state index contributed by atoms with van der Waals surface area (Å²) in [5.74, 6) is -0.563. The van der Waals surface area contributed by atoms with E-state index in [0.717, 1.165) is 11.3 Å². The molecule has 3 N–H and O–H groups in total. The number of aliphatic carboxylic acids is 1. The highest BCUT2D eigenvalue weighted by molar-refractivity contribution is 7.10. The fourth-order valence-corrected chi connectivity index (χ4v) is 6.04. The largest absolute Gasteiger partial charge is 0.482 e. The number of carbonyl (C=O) groups is 2. The highest BCUT2D eigenvalue weighted by Gasteiger charge is 2.41. The molecule has 0 radical (unpaired) electrons. The average molecular weight is 514 g/mol. The third kappa shape index (κ3) is 4.17. The van der Waals surface area contributed by atoms with Crippen LogP contribution in [0.2, 0.25) is 0 Å². The van der Waals surface area contributed by atoms with Gasteiger partial charge in [-0.15, -0.1) is 11.3 Å². The van der Waals surface area contributed by atoms with E-state index in [2.05, 4.69) is 16.5 Å². The summed E-state index contributed by atoms with van der Waals surface area (Å²) >= 11 is 1.65. The summed E-state index contributed by atoms with van der Waals surface area (Å²) in [6.45, 7) is -0.450. The second kappa shape index (κ2) is 9.25. The van der Waals surface area contributed by atoms with Crippen LogP contribution in [0.4, 0.5) is 5.82 Å². The number of benzene rings is 2. The Morgan fingerprint density at radius 1 is 1.03 bits per heavy atom. The summed E-state index contributed by atoms with van der Waals surface area (Å²) in [6.07, 6.45) is 1.04. The molecule has 0 bridgehead atoms. The fourth-order valence-electron chi connectivity index (χ4n) is 5.21. The van der Waals surface area contributed by atoms with Crippen LogP contribution < -0.4 is 15.6 Å². The van der Waals surface area contributed by atoms with Crippen LogP contribution >= 0.6 is 11.3 Å². The third-order valence-electron chi connectivity index (χ3n) is 6.82. The van der Waals surface area contributed by atoms with Gasteiger partial charge in [0.25, 0.3) is 5.56 Å². The predicted octanol–water partition coefficient (Wildman–Crippen LogP) is 4.65. The van der Waals surface area contributed by atoms with E-state index >= 15 is 0 Å². The van der Waals surface area contributed by atoms with Gasteiger partial charge in [0.15, 0.2) is 12.4 Å². The number of aromatic amines is 1. The Morgan fingerprint density at radius 3 is 2.51 bits per heavy atom. The number of ether oxygens (including phenoxy) is 1. The number of Topliss-reactive ketones (excluding diaryl/α,β-unsaturated/α-hetero) is 1. The second-order valence-corrected chi connectivity index (χ2v) is 10.1. The molecule has 8 nitrogen and oxygen atoms in total. The van der Waals surface area contributed by atoms with Gasteiger partial charge in [-0.3, -0.25) is 14.7 Å². The number of carboxylic acid groups (broad SMARTS) is 1. The van der Waals surface area contributed by atoms with Gasteiger partial charge >= 0.3 is 5.97 Å². The van der Waals surface area contributed by atoms with Crippen molar-refractivity contribution in [3.8, 4) is 11.4 Å². The van der Waals surface area contributed by atoms with Gasteiger partial charge in [0.2, 0.25) is 0 Å². The number of hydrogen-bond acceptors (Lipinski definition) is 6. The molecule has 3 heterocycles. The van der Waals surface area contributed by atoms with Gasteiger partial charge in [-0.25, -0.2) is 9.48 Å². The van der Waals surface area contributed by atoms with Crippen molar-refractivity contribution in [2.75, 3.05) is 11.9 Å². The maximum Gasteiger partial charge on any atom is 0.341 e. The number of carbonyl (C=O) groups excluding carboxylic acids is 1. The number of aromatic nitrogens is 2. The Labute approximate surface area is 215 Å². The highest BCUT2D eigenvalue weighted by Crippen LogP contribution is 2.47. The minimum Gasteiger partial charge on any atom is -0.482 e. The van der Waals surface area contributed by atoms with Crippen LogP contribution in [0.1, 0.15) is 40.7 Å². The van der Waals surface area contributed by atoms with Crippen LogP contribution in [0.3, 0.4) is 0 Å². The number of nitrogens with zero attached hydrogens (tertiary/aromatic N) is 1. The summed E-state index contributed by atoms with van der Waals surface area (Å²) in [7, 11) is 0. The van der Waals surface area contributed by atoms with Gasteiger partial charge in [0, 0.05) is 34.4 Å². The lowest BCUT2D eigenvalue weighted by Crippen LogP contribution is -2.31. The van der Waals surface area contributed by atoms with Crippen molar-refractivity contribution >= 4 is 28.9 Å². The normalized spacial score (nSPS) is 18.6. The molecule has 0 fully saturated rings. The smallest absolute Gasteiger partial charge is 0.341 e. The Bertz CT molecular complexity index is 1570. The van der Waals surface area contributed by atoms with Crippen molar-refractivity contribution in [3.63, 3.8) is 0 Å². The molecule has 37 heavy (non-hydrogen) atoms. The molecule has 2 atom stereocenters. The molecule has 9 heteroatoms. The first-order valence-corrected chi connectivity index (χ1v) is 12.8. The van der Waals surface area contributed by atoms with E-state index in [0.29, 0.717) is 41.2 Å². The van der Waals surface area contributed by atoms with E-state index in [1.807, 2.05) is 41.8 Å². The number of rotatable bonds is 6. The van der Waals surface area contributed by atoms with E-state index in [4.69, 9.17) is 9.84 Å².